The Morgan fingerprint density at radius 1 is 1.25 bits per heavy atom. The predicted molar refractivity (Wildman–Crippen MR) is 12.9 cm³/mol. The third-order valence-electron chi connectivity index (χ3n) is 0.250. The third kappa shape index (κ3) is 2.84. The van der Waals surface area contributed by atoms with E-state index < -0.39 is 0 Å². The maximum absolute atomic E-state index is 3.00. The zero-order valence-electron chi connectivity index (χ0n) is 2.41. The van der Waals surface area contributed by atoms with Crippen molar-refractivity contribution in [2.45, 2.75) is 0 Å². The summed E-state index contributed by atoms with van der Waals surface area (Å²) in [6.45, 7) is 2.50. The van der Waals surface area contributed by atoms with Crippen LogP contribution < -0.4 is 5.32 Å². The van der Waals surface area contributed by atoms with Crippen LogP contribution in [-0.2, 0) is 26.2 Å². The quantitative estimate of drug-likeness (QED) is 0.447. The summed E-state index contributed by atoms with van der Waals surface area (Å²) in [5.41, 5.74) is 0. The van der Waals surface area contributed by atoms with Gasteiger partial charge in [-0.2, -0.15) is 0 Å². The summed E-state index contributed by atoms with van der Waals surface area (Å²) in [6, 6.07) is 0. The van der Waals surface area contributed by atoms with Crippen LogP contribution >= 0.6 is 0 Å². The Kier molecular flexibility index (Phi) is 2.55. The molecular weight excluding hydrogens is 129 g/mol. The van der Waals surface area contributed by atoms with E-state index in [4.69, 9.17) is 0 Å². The fraction of sp³-hybridized carbons (Fsp3) is 1.00. The smallest absolute Gasteiger partial charge is 0.00772 e. The number of hydrogen-bond donors (Lipinski definition) is 1. The molecule has 1 rings (SSSR count). The van der Waals surface area contributed by atoms with Crippen LogP contribution in [0.15, 0.2) is 0 Å². The second kappa shape index (κ2) is 2.10. The molecule has 0 aromatic rings. The van der Waals surface area contributed by atoms with Gasteiger partial charge in [-0.25, -0.2) is 0 Å². The Labute approximate surface area is 44.9 Å². The molecule has 1 N–H and O–H groups in total. The van der Waals surface area contributed by atoms with Gasteiger partial charge in [0.1, 0.15) is 0 Å². The molecule has 0 atom stereocenters. The Bertz CT molecular complexity index is 10.8. The second-order valence-electron chi connectivity index (χ2n) is 0.750. The van der Waals surface area contributed by atoms with Gasteiger partial charge in [-0.1, -0.05) is 0 Å². The normalized spacial score (nSPS) is 18.0. The van der Waals surface area contributed by atoms with E-state index in [0.29, 0.717) is 0 Å². The van der Waals surface area contributed by atoms with Gasteiger partial charge in [0.15, 0.2) is 0 Å². The first-order valence-electron chi connectivity index (χ1n) is 1.21. The van der Waals surface area contributed by atoms with E-state index in [0.717, 1.165) is 0 Å². The summed E-state index contributed by atoms with van der Waals surface area (Å²) in [5.74, 6) is 0. The fourth-order valence-corrected chi connectivity index (χ4v) is 0. The SMILES string of the molecule is C1CN1.[Zr]. The van der Waals surface area contributed by atoms with E-state index in [1.165, 1.54) is 13.1 Å². The van der Waals surface area contributed by atoms with Gasteiger partial charge < -0.3 is 5.32 Å². The topological polar surface area (TPSA) is 21.9 Å². The maximum atomic E-state index is 3.00. The molecule has 1 saturated heterocycles. The molecule has 4 heavy (non-hydrogen) atoms. The Morgan fingerprint density at radius 3 is 1.50 bits per heavy atom. The van der Waals surface area contributed by atoms with Crippen LogP contribution in [0.25, 0.3) is 0 Å². The average Bonchev–Trinajstić information content (AvgIpc) is 1.46. The van der Waals surface area contributed by atoms with Crippen LogP contribution in [0.1, 0.15) is 0 Å². The van der Waals surface area contributed by atoms with Crippen LogP contribution in [0.4, 0.5) is 0 Å². The summed E-state index contributed by atoms with van der Waals surface area (Å²) in [7, 11) is 0. The molecule has 1 aliphatic rings. The van der Waals surface area contributed by atoms with Crippen molar-refractivity contribution in [3.05, 3.63) is 0 Å². The van der Waals surface area contributed by atoms with Crippen LogP contribution in [0.3, 0.4) is 0 Å². The molecule has 0 aliphatic carbocycles. The Morgan fingerprint density at radius 2 is 1.50 bits per heavy atom. The van der Waals surface area contributed by atoms with E-state index >= 15 is 0 Å². The van der Waals surface area contributed by atoms with Crippen molar-refractivity contribution in [3.8, 4) is 0 Å². The number of nitrogens with one attached hydrogen (secondary N) is 1. The standard InChI is InChI=1S/C2H5N.Zr/c1-2-3-1;/h3H,1-2H2;. The van der Waals surface area contributed by atoms with Crippen LogP contribution in [0.2, 0.25) is 0 Å². The van der Waals surface area contributed by atoms with E-state index in [1.54, 1.807) is 0 Å². The van der Waals surface area contributed by atoms with Crippen molar-refractivity contribution >= 4 is 0 Å². The molecule has 0 unspecified atom stereocenters. The number of hydrogen-bond acceptors (Lipinski definition) is 1. The van der Waals surface area contributed by atoms with Gasteiger partial charge >= 0.3 is 0 Å². The zero-order chi connectivity index (χ0) is 2.12. The minimum atomic E-state index is 0. The molecule has 0 saturated carbocycles. The predicted octanol–water partition coefficient (Wildman–Crippen LogP) is -0.413. The average molecular weight is 134 g/mol. The molecule has 0 radical (unpaired) electrons. The van der Waals surface area contributed by atoms with Crippen LogP contribution in [-0.4, -0.2) is 13.1 Å². The summed E-state index contributed by atoms with van der Waals surface area (Å²) in [5, 5.41) is 3.00. The summed E-state index contributed by atoms with van der Waals surface area (Å²) >= 11 is 0. The van der Waals surface area contributed by atoms with Crippen LogP contribution in [0.5, 0.6) is 0 Å². The van der Waals surface area contributed by atoms with E-state index in [1.807, 2.05) is 0 Å². The molecule has 1 heterocycles. The molecule has 0 spiro atoms. The Balaban J connectivity index is 0.0000000900. The molecule has 22 valence electrons. The van der Waals surface area contributed by atoms with Crippen molar-refractivity contribution in [3.63, 3.8) is 0 Å². The minimum absolute atomic E-state index is 0. The second-order valence-corrected chi connectivity index (χ2v) is 0.750. The van der Waals surface area contributed by atoms with Crippen molar-refractivity contribution in [2.24, 2.45) is 0 Å². The van der Waals surface area contributed by atoms with Gasteiger partial charge in [0.2, 0.25) is 0 Å². The van der Waals surface area contributed by atoms with E-state index in [2.05, 4.69) is 5.32 Å². The van der Waals surface area contributed by atoms with E-state index in [9.17, 15) is 0 Å². The zero-order valence-corrected chi connectivity index (χ0v) is 4.87. The van der Waals surface area contributed by atoms with Crippen molar-refractivity contribution in [1.82, 2.24) is 5.32 Å². The molecule has 1 aliphatic heterocycles. The monoisotopic (exact) mass is 133 g/mol. The molecule has 0 aromatic carbocycles. The van der Waals surface area contributed by atoms with E-state index in [-0.39, 0.29) is 26.2 Å². The fourth-order valence-electron chi connectivity index (χ4n) is 0. The largest absolute Gasteiger partial charge is 0.314 e. The first-order chi connectivity index (χ1) is 1.50. The first kappa shape index (κ1) is 4.84. The van der Waals surface area contributed by atoms with Gasteiger partial charge in [-0.15, -0.1) is 0 Å². The van der Waals surface area contributed by atoms with Gasteiger partial charge in [0, 0.05) is 39.3 Å². The molecule has 1 nitrogen and oxygen atoms in total. The molecular formula is C2H5NZr. The van der Waals surface area contributed by atoms with Gasteiger partial charge in [0.25, 0.3) is 0 Å². The third-order valence-corrected chi connectivity index (χ3v) is 0.250. The summed E-state index contributed by atoms with van der Waals surface area (Å²) in [6.07, 6.45) is 0. The molecule has 2 heteroatoms. The van der Waals surface area contributed by atoms with Crippen molar-refractivity contribution < 1.29 is 26.2 Å². The molecule has 0 bridgehead atoms. The van der Waals surface area contributed by atoms with Crippen molar-refractivity contribution in [2.75, 3.05) is 13.1 Å². The molecule has 0 amide bonds. The van der Waals surface area contributed by atoms with Crippen molar-refractivity contribution in [1.29, 1.82) is 0 Å². The van der Waals surface area contributed by atoms with Crippen LogP contribution in [0, 0.1) is 0 Å². The maximum Gasteiger partial charge on any atom is 0.00772 e. The number of rotatable bonds is 0. The Hall–Kier alpha value is 0.843. The molecule has 1 fully saturated rings. The summed E-state index contributed by atoms with van der Waals surface area (Å²) < 4.78 is 0. The first-order valence-corrected chi connectivity index (χ1v) is 1.21. The summed E-state index contributed by atoms with van der Waals surface area (Å²) in [4.78, 5) is 0. The van der Waals surface area contributed by atoms with Gasteiger partial charge in [-0.3, -0.25) is 0 Å². The van der Waals surface area contributed by atoms with Gasteiger partial charge in [0.05, 0.1) is 0 Å². The molecule has 0 aromatic heterocycles. The minimum Gasteiger partial charge on any atom is -0.314 e. The van der Waals surface area contributed by atoms with Gasteiger partial charge in [-0.05, 0) is 0 Å².